The second kappa shape index (κ2) is 5.45. The number of nitrogens with zero attached hydrogens (tertiary/aromatic N) is 2. The van der Waals surface area contributed by atoms with Gasteiger partial charge in [0.2, 0.25) is 0 Å². The van der Waals surface area contributed by atoms with E-state index in [0.717, 1.165) is 11.1 Å². The fourth-order valence-corrected chi connectivity index (χ4v) is 1.89. The Bertz CT molecular complexity index is 512. The van der Waals surface area contributed by atoms with Gasteiger partial charge in [-0.1, -0.05) is 29.3 Å². The van der Waals surface area contributed by atoms with Gasteiger partial charge in [0.15, 0.2) is 0 Å². The summed E-state index contributed by atoms with van der Waals surface area (Å²) in [7, 11) is 0. The first-order valence-corrected chi connectivity index (χ1v) is 5.88. The summed E-state index contributed by atoms with van der Waals surface area (Å²) in [5.74, 6) is 0.714. The van der Waals surface area contributed by atoms with Gasteiger partial charge in [-0.25, -0.2) is 9.97 Å². The first kappa shape index (κ1) is 12.3. The van der Waals surface area contributed by atoms with Crippen molar-refractivity contribution in [1.82, 2.24) is 9.97 Å². The molecule has 0 amide bonds. The molecule has 3 nitrogen and oxygen atoms in total. The third kappa shape index (κ3) is 3.16. The van der Waals surface area contributed by atoms with Crippen molar-refractivity contribution in [3.05, 3.63) is 57.6 Å². The number of benzene rings is 1. The minimum atomic E-state index is 0.446. The van der Waals surface area contributed by atoms with Gasteiger partial charge in [-0.2, -0.15) is 0 Å². The van der Waals surface area contributed by atoms with Crippen molar-refractivity contribution in [1.29, 1.82) is 0 Å². The summed E-state index contributed by atoms with van der Waals surface area (Å²) < 4.78 is 0. The Morgan fingerprint density at radius 3 is 2.41 bits per heavy atom. The van der Waals surface area contributed by atoms with Crippen LogP contribution in [0.4, 0.5) is 0 Å². The van der Waals surface area contributed by atoms with Crippen LogP contribution in [0, 0.1) is 0 Å². The van der Waals surface area contributed by atoms with E-state index in [9.17, 15) is 0 Å². The molecule has 5 heteroatoms. The van der Waals surface area contributed by atoms with Gasteiger partial charge in [0.1, 0.15) is 5.82 Å². The molecule has 0 aliphatic rings. The molecule has 0 fully saturated rings. The lowest BCUT2D eigenvalue weighted by Gasteiger charge is -2.04. The molecule has 0 atom stereocenters. The second-order valence-corrected chi connectivity index (χ2v) is 4.47. The summed E-state index contributed by atoms with van der Waals surface area (Å²) in [6.45, 7) is 0.446. The van der Waals surface area contributed by atoms with E-state index in [1.807, 2.05) is 6.07 Å². The van der Waals surface area contributed by atoms with Crippen molar-refractivity contribution < 1.29 is 0 Å². The number of rotatable bonds is 3. The van der Waals surface area contributed by atoms with Gasteiger partial charge in [-0.3, -0.25) is 0 Å². The van der Waals surface area contributed by atoms with Crippen molar-refractivity contribution in [2.24, 2.45) is 5.73 Å². The Morgan fingerprint density at radius 1 is 1.12 bits per heavy atom. The number of halogens is 2. The molecule has 1 aromatic carbocycles. The molecule has 0 radical (unpaired) electrons. The number of hydrogen-bond acceptors (Lipinski definition) is 3. The summed E-state index contributed by atoms with van der Waals surface area (Å²) in [6.07, 6.45) is 4.04. The first-order chi connectivity index (χ1) is 8.19. The lowest BCUT2D eigenvalue weighted by molar-refractivity contribution is 0.925. The van der Waals surface area contributed by atoms with E-state index in [-0.39, 0.29) is 0 Å². The fourth-order valence-electron chi connectivity index (χ4n) is 1.41. The lowest BCUT2D eigenvalue weighted by Crippen LogP contribution is -2.02. The Balaban J connectivity index is 2.19. The lowest BCUT2D eigenvalue weighted by atomic mass is 10.1. The summed E-state index contributed by atoms with van der Waals surface area (Å²) >= 11 is 11.9. The quantitative estimate of drug-likeness (QED) is 0.931. The van der Waals surface area contributed by atoms with E-state index in [4.69, 9.17) is 28.9 Å². The largest absolute Gasteiger partial charge is 0.326 e. The van der Waals surface area contributed by atoms with Crippen LogP contribution in [0.15, 0.2) is 30.6 Å². The average molecular weight is 268 g/mol. The second-order valence-electron chi connectivity index (χ2n) is 3.62. The monoisotopic (exact) mass is 267 g/mol. The highest BCUT2D eigenvalue weighted by molar-refractivity contribution is 6.35. The smallest absolute Gasteiger partial charge is 0.132 e. The van der Waals surface area contributed by atoms with Gasteiger partial charge in [-0.05, 0) is 17.7 Å². The van der Waals surface area contributed by atoms with Crippen LogP contribution in [0.5, 0.6) is 0 Å². The zero-order valence-corrected chi connectivity index (χ0v) is 10.5. The zero-order chi connectivity index (χ0) is 12.3. The summed E-state index contributed by atoms with van der Waals surface area (Å²) in [6, 6.07) is 5.40. The van der Waals surface area contributed by atoms with E-state index in [2.05, 4.69) is 9.97 Å². The van der Waals surface area contributed by atoms with Crippen molar-refractivity contribution >= 4 is 23.2 Å². The van der Waals surface area contributed by atoms with Crippen LogP contribution in [0.3, 0.4) is 0 Å². The summed E-state index contributed by atoms with van der Waals surface area (Å²) in [4.78, 5) is 8.45. The third-order valence-corrected chi connectivity index (χ3v) is 2.95. The molecule has 0 saturated carbocycles. The Hall–Kier alpha value is -1.16. The maximum Gasteiger partial charge on any atom is 0.132 e. The van der Waals surface area contributed by atoms with E-state index < -0.39 is 0 Å². The van der Waals surface area contributed by atoms with Crippen molar-refractivity contribution in [3.63, 3.8) is 0 Å². The molecule has 1 heterocycles. The van der Waals surface area contributed by atoms with E-state index in [1.165, 1.54) is 0 Å². The third-order valence-electron chi connectivity index (χ3n) is 2.36. The van der Waals surface area contributed by atoms with Crippen LogP contribution >= 0.6 is 23.2 Å². The predicted molar refractivity (Wildman–Crippen MR) is 69.2 cm³/mol. The first-order valence-electron chi connectivity index (χ1n) is 5.13. The topological polar surface area (TPSA) is 51.8 Å². The Kier molecular flexibility index (Phi) is 3.94. The van der Waals surface area contributed by atoms with E-state index in [1.54, 1.807) is 24.5 Å². The molecule has 0 unspecified atom stereocenters. The molecule has 0 spiro atoms. The molecule has 2 rings (SSSR count). The molecule has 1 aromatic heterocycles. The molecule has 2 N–H and O–H groups in total. The Labute approximate surface area is 110 Å². The van der Waals surface area contributed by atoms with Crippen molar-refractivity contribution in [2.75, 3.05) is 0 Å². The maximum atomic E-state index is 6.08. The highest BCUT2D eigenvalue weighted by Crippen LogP contribution is 2.22. The van der Waals surface area contributed by atoms with Gasteiger partial charge in [0, 0.05) is 41.0 Å². The molecule has 88 valence electrons. The molecular weight excluding hydrogens is 257 g/mol. The van der Waals surface area contributed by atoms with Gasteiger partial charge in [0.05, 0.1) is 0 Å². The van der Waals surface area contributed by atoms with Crippen LogP contribution in [-0.2, 0) is 13.0 Å². The normalized spacial score (nSPS) is 10.5. The molecule has 0 saturated heterocycles. The molecule has 0 aliphatic heterocycles. The molecular formula is C12H11Cl2N3. The minimum absolute atomic E-state index is 0.446. The number of nitrogens with two attached hydrogens (primary N) is 1. The van der Waals surface area contributed by atoms with Gasteiger partial charge in [0.25, 0.3) is 0 Å². The van der Waals surface area contributed by atoms with Gasteiger partial charge >= 0.3 is 0 Å². The standard InChI is InChI=1S/C12H11Cl2N3/c13-10-2-1-9(11(14)4-10)3-12-16-6-8(5-15)7-17-12/h1-2,4,6-7H,3,5,15H2. The Morgan fingerprint density at radius 2 is 1.82 bits per heavy atom. The van der Waals surface area contributed by atoms with Crippen LogP contribution in [0.25, 0.3) is 0 Å². The fraction of sp³-hybridized carbons (Fsp3) is 0.167. The molecule has 0 bridgehead atoms. The maximum absolute atomic E-state index is 6.08. The van der Waals surface area contributed by atoms with E-state index >= 15 is 0 Å². The molecule has 17 heavy (non-hydrogen) atoms. The van der Waals surface area contributed by atoms with E-state index in [0.29, 0.717) is 28.8 Å². The summed E-state index contributed by atoms with van der Waals surface area (Å²) in [5.41, 5.74) is 7.35. The minimum Gasteiger partial charge on any atom is -0.326 e. The van der Waals surface area contributed by atoms with Crippen molar-refractivity contribution in [2.45, 2.75) is 13.0 Å². The number of hydrogen-bond donors (Lipinski definition) is 1. The van der Waals surface area contributed by atoms with Gasteiger partial charge < -0.3 is 5.73 Å². The highest BCUT2D eigenvalue weighted by atomic mass is 35.5. The molecule has 0 aliphatic carbocycles. The highest BCUT2D eigenvalue weighted by Gasteiger charge is 2.04. The van der Waals surface area contributed by atoms with Gasteiger partial charge in [-0.15, -0.1) is 0 Å². The summed E-state index contributed by atoms with van der Waals surface area (Å²) in [5, 5.41) is 1.25. The van der Waals surface area contributed by atoms with Crippen LogP contribution in [0.2, 0.25) is 10.0 Å². The average Bonchev–Trinajstić information content (AvgIpc) is 2.34. The SMILES string of the molecule is NCc1cnc(Cc2ccc(Cl)cc2Cl)nc1. The van der Waals surface area contributed by atoms with Crippen LogP contribution in [0.1, 0.15) is 17.0 Å². The van der Waals surface area contributed by atoms with Crippen LogP contribution in [-0.4, -0.2) is 9.97 Å². The zero-order valence-electron chi connectivity index (χ0n) is 9.03. The van der Waals surface area contributed by atoms with Crippen molar-refractivity contribution in [3.8, 4) is 0 Å². The molecule has 2 aromatic rings. The number of aromatic nitrogens is 2. The predicted octanol–water partition coefficient (Wildman–Crippen LogP) is 2.83. The van der Waals surface area contributed by atoms with Crippen LogP contribution < -0.4 is 5.73 Å².